The van der Waals surface area contributed by atoms with E-state index in [-0.39, 0.29) is 11.5 Å². The van der Waals surface area contributed by atoms with Crippen molar-refractivity contribution in [1.29, 1.82) is 0 Å². The van der Waals surface area contributed by atoms with Gasteiger partial charge in [-0.15, -0.1) is 0 Å². The summed E-state index contributed by atoms with van der Waals surface area (Å²) in [6.45, 7) is 4.42. The highest BCUT2D eigenvalue weighted by atomic mass is 79.9. The van der Waals surface area contributed by atoms with Crippen LogP contribution in [0.5, 0.6) is 5.75 Å². The number of hydrogen-bond donors (Lipinski definition) is 1. The number of methoxy groups -OCH3 is 1. The highest BCUT2D eigenvalue weighted by Crippen LogP contribution is 2.57. The zero-order chi connectivity index (χ0) is 11.2. The molecule has 0 heterocycles. The molecule has 0 aromatic heterocycles. The van der Waals surface area contributed by atoms with Gasteiger partial charge >= 0.3 is 0 Å². The summed E-state index contributed by atoms with van der Waals surface area (Å²) < 4.78 is 6.20. The van der Waals surface area contributed by atoms with Gasteiger partial charge in [0.15, 0.2) is 0 Å². The molecule has 3 heteroatoms. The average Bonchev–Trinajstić information content (AvgIpc) is 2.66. The maximum Gasteiger partial charge on any atom is 0.133 e. The van der Waals surface area contributed by atoms with Crippen LogP contribution in [0.3, 0.4) is 0 Å². The maximum absolute atomic E-state index is 6.05. The molecule has 2 N–H and O–H groups in total. The van der Waals surface area contributed by atoms with Gasteiger partial charge in [0.2, 0.25) is 0 Å². The van der Waals surface area contributed by atoms with E-state index in [0.29, 0.717) is 5.92 Å². The fourth-order valence-electron chi connectivity index (χ4n) is 2.19. The Morgan fingerprint density at radius 2 is 2.00 bits per heavy atom. The Kier molecular flexibility index (Phi) is 2.55. The van der Waals surface area contributed by atoms with Gasteiger partial charge in [0.1, 0.15) is 5.75 Å². The molecule has 0 saturated heterocycles. The Hall–Kier alpha value is -0.540. The quantitative estimate of drug-likeness (QED) is 0.896. The van der Waals surface area contributed by atoms with Crippen LogP contribution < -0.4 is 10.5 Å². The molecular formula is C12H16BrNO. The third kappa shape index (κ3) is 1.68. The van der Waals surface area contributed by atoms with Crippen LogP contribution in [0.1, 0.15) is 25.3 Å². The molecule has 2 rings (SSSR count). The number of halogens is 1. The van der Waals surface area contributed by atoms with E-state index < -0.39 is 0 Å². The van der Waals surface area contributed by atoms with Crippen molar-refractivity contribution in [3.05, 3.63) is 28.2 Å². The van der Waals surface area contributed by atoms with Gasteiger partial charge < -0.3 is 10.5 Å². The molecule has 1 fully saturated rings. The minimum Gasteiger partial charge on any atom is -0.496 e. The van der Waals surface area contributed by atoms with Gasteiger partial charge in [-0.05, 0) is 39.0 Å². The molecule has 0 aliphatic heterocycles. The summed E-state index contributed by atoms with van der Waals surface area (Å²) in [7, 11) is 1.67. The van der Waals surface area contributed by atoms with Crippen LogP contribution in [0, 0.1) is 5.41 Å². The molecule has 0 radical (unpaired) electrons. The highest BCUT2D eigenvalue weighted by Gasteiger charge is 2.56. The van der Waals surface area contributed by atoms with Crippen molar-refractivity contribution < 1.29 is 4.74 Å². The molecule has 2 nitrogen and oxygen atoms in total. The highest BCUT2D eigenvalue weighted by molar-refractivity contribution is 9.10. The van der Waals surface area contributed by atoms with Crippen LogP contribution in [0.4, 0.5) is 0 Å². The van der Waals surface area contributed by atoms with Gasteiger partial charge in [0.25, 0.3) is 0 Å². The lowest BCUT2D eigenvalue weighted by Gasteiger charge is -2.07. The van der Waals surface area contributed by atoms with E-state index in [1.54, 1.807) is 7.11 Å². The fraction of sp³-hybridized carbons (Fsp3) is 0.500. The van der Waals surface area contributed by atoms with E-state index in [0.717, 1.165) is 10.2 Å². The molecule has 2 atom stereocenters. The Balaban J connectivity index is 2.29. The average molecular weight is 270 g/mol. The van der Waals surface area contributed by atoms with Crippen molar-refractivity contribution in [2.75, 3.05) is 7.11 Å². The SMILES string of the molecule is COc1ccc(C2C(N)C2(C)C)cc1Br. The lowest BCUT2D eigenvalue weighted by molar-refractivity contribution is 0.412. The third-order valence-corrected chi connectivity index (χ3v) is 4.07. The lowest BCUT2D eigenvalue weighted by Crippen LogP contribution is -2.06. The molecule has 0 bridgehead atoms. The van der Waals surface area contributed by atoms with E-state index >= 15 is 0 Å². The van der Waals surface area contributed by atoms with Gasteiger partial charge in [0, 0.05) is 12.0 Å². The Morgan fingerprint density at radius 3 is 2.40 bits per heavy atom. The summed E-state index contributed by atoms with van der Waals surface area (Å²) in [5, 5.41) is 0. The van der Waals surface area contributed by atoms with Crippen molar-refractivity contribution in [3.63, 3.8) is 0 Å². The monoisotopic (exact) mass is 269 g/mol. The zero-order valence-corrected chi connectivity index (χ0v) is 10.8. The maximum atomic E-state index is 6.05. The first-order valence-electron chi connectivity index (χ1n) is 5.07. The number of hydrogen-bond acceptors (Lipinski definition) is 2. The molecule has 2 unspecified atom stereocenters. The van der Waals surface area contributed by atoms with Crippen molar-refractivity contribution >= 4 is 15.9 Å². The predicted octanol–water partition coefficient (Wildman–Crippen LogP) is 2.91. The first-order chi connectivity index (χ1) is 6.98. The second-order valence-electron chi connectivity index (χ2n) is 4.72. The minimum absolute atomic E-state index is 0.230. The molecule has 1 aliphatic rings. The largest absolute Gasteiger partial charge is 0.496 e. The smallest absolute Gasteiger partial charge is 0.133 e. The summed E-state index contributed by atoms with van der Waals surface area (Å²) in [5.74, 6) is 1.34. The van der Waals surface area contributed by atoms with E-state index in [1.807, 2.05) is 6.07 Å². The summed E-state index contributed by atoms with van der Waals surface area (Å²) in [6.07, 6.45) is 0. The Bertz CT molecular complexity index is 389. The van der Waals surface area contributed by atoms with Crippen molar-refractivity contribution in [2.24, 2.45) is 11.1 Å². The first kappa shape index (κ1) is 11.0. The number of nitrogens with two attached hydrogens (primary N) is 1. The molecular weight excluding hydrogens is 254 g/mol. The van der Waals surface area contributed by atoms with Crippen LogP contribution in [-0.2, 0) is 0 Å². The normalized spacial score (nSPS) is 27.5. The van der Waals surface area contributed by atoms with E-state index in [4.69, 9.17) is 10.5 Å². The molecule has 0 spiro atoms. The van der Waals surface area contributed by atoms with Gasteiger partial charge in [-0.1, -0.05) is 19.9 Å². The van der Waals surface area contributed by atoms with Crippen LogP contribution in [0.2, 0.25) is 0 Å². The summed E-state index contributed by atoms with van der Waals surface area (Å²) >= 11 is 3.50. The number of rotatable bonds is 2. The molecule has 15 heavy (non-hydrogen) atoms. The fourth-order valence-corrected chi connectivity index (χ4v) is 2.75. The van der Waals surface area contributed by atoms with Gasteiger partial charge in [-0.2, -0.15) is 0 Å². The van der Waals surface area contributed by atoms with Crippen molar-refractivity contribution in [2.45, 2.75) is 25.8 Å². The van der Waals surface area contributed by atoms with E-state index in [9.17, 15) is 0 Å². The zero-order valence-electron chi connectivity index (χ0n) is 9.25. The summed E-state index contributed by atoms with van der Waals surface area (Å²) in [6, 6.07) is 6.47. The van der Waals surface area contributed by atoms with Crippen molar-refractivity contribution in [1.82, 2.24) is 0 Å². The van der Waals surface area contributed by atoms with Crippen LogP contribution in [0.25, 0.3) is 0 Å². The lowest BCUT2D eigenvalue weighted by atomic mass is 10.0. The third-order valence-electron chi connectivity index (χ3n) is 3.45. The van der Waals surface area contributed by atoms with Gasteiger partial charge in [-0.25, -0.2) is 0 Å². The Morgan fingerprint density at radius 1 is 1.40 bits per heavy atom. The van der Waals surface area contributed by atoms with Crippen molar-refractivity contribution in [3.8, 4) is 5.75 Å². The van der Waals surface area contributed by atoms with Gasteiger partial charge in [0.05, 0.1) is 11.6 Å². The second kappa shape index (κ2) is 3.49. The molecule has 1 aliphatic carbocycles. The predicted molar refractivity (Wildman–Crippen MR) is 65.2 cm³/mol. The van der Waals surface area contributed by atoms with Crippen LogP contribution >= 0.6 is 15.9 Å². The van der Waals surface area contributed by atoms with Crippen LogP contribution in [-0.4, -0.2) is 13.2 Å². The van der Waals surface area contributed by atoms with E-state index in [1.165, 1.54) is 5.56 Å². The van der Waals surface area contributed by atoms with Crippen LogP contribution in [0.15, 0.2) is 22.7 Å². The standard InChI is InChI=1S/C12H16BrNO/c1-12(2)10(11(12)14)7-4-5-9(15-3)8(13)6-7/h4-6,10-11H,14H2,1-3H3. The molecule has 1 aromatic rings. The molecule has 1 saturated carbocycles. The first-order valence-corrected chi connectivity index (χ1v) is 5.87. The van der Waals surface area contributed by atoms with Gasteiger partial charge in [-0.3, -0.25) is 0 Å². The van der Waals surface area contributed by atoms with E-state index in [2.05, 4.69) is 41.9 Å². The number of ether oxygens (including phenoxy) is 1. The summed E-state index contributed by atoms with van der Waals surface area (Å²) in [5.41, 5.74) is 7.57. The molecule has 0 amide bonds. The second-order valence-corrected chi connectivity index (χ2v) is 5.57. The molecule has 1 aromatic carbocycles. The summed E-state index contributed by atoms with van der Waals surface area (Å²) in [4.78, 5) is 0. The molecule has 82 valence electrons. The minimum atomic E-state index is 0.230. The topological polar surface area (TPSA) is 35.2 Å². The Labute approximate surface area is 98.9 Å². The number of benzene rings is 1.